The summed E-state index contributed by atoms with van der Waals surface area (Å²) in [5, 5.41) is 14.0. The van der Waals surface area contributed by atoms with E-state index in [-0.39, 0.29) is 17.6 Å². The first kappa shape index (κ1) is 26.6. The van der Waals surface area contributed by atoms with E-state index in [4.69, 9.17) is 9.47 Å². The number of esters is 1. The lowest BCUT2D eigenvalue weighted by Gasteiger charge is -2.37. The van der Waals surface area contributed by atoms with Gasteiger partial charge < -0.3 is 24.8 Å². The highest BCUT2D eigenvalue weighted by Gasteiger charge is 2.40. The van der Waals surface area contributed by atoms with Crippen molar-refractivity contribution in [1.82, 2.24) is 9.88 Å². The lowest BCUT2D eigenvalue weighted by atomic mass is 9.79. The first-order valence-electron chi connectivity index (χ1n) is 11.2. The minimum atomic E-state index is -1.24. The highest BCUT2D eigenvalue weighted by Crippen LogP contribution is 2.37. The molecule has 33 heavy (non-hydrogen) atoms. The van der Waals surface area contributed by atoms with Crippen molar-refractivity contribution in [3.8, 4) is 0 Å². The highest BCUT2D eigenvalue weighted by atomic mass is 16.6. The molecule has 0 spiro atoms. The number of piperidine rings is 1. The number of ether oxygens (including phenoxy) is 2. The van der Waals surface area contributed by atoms with Crippen molar-refractivity contribution in [2.45, 2.75) is 66.1 Å². The number of methoxy groups -OCH3 is 1. The molecule has 9 nitrogen and oxygen atoms in total. The van der Waals surface area contributed by atoms with Crippen LogP contribution in [-0.2, 0) is 19.1 Å². The summed E-state index contributed by atoms with van der Waals surface area (Å²) in [5.41, 5.74) is -0.900. The molecule has 2 atom stereocenters. The fourth-order valence-corrected chi connectivity index (χ4v) is 3.73. The molecule has 9 heteroatoms. The number of amides is 2. The van der Waals surface area contributed by atoms with Gasteiger partial charge >= 0.3 is 12.1 Å². The Morgan fingerprint density at radius 1 is 1.15 bits per heavy atom. The van der Waals surface area contributed by atoms with E-state index in [9.17, 15) is 19.5 Å². The van der Waals surface area contributed by atoms with Gasteiger partial charge in [0.05, 0.1) is 19.1 Å². The van der Waals surface area contributed by atoms with Crippen LogP contribution in [0.1, 0.15) is 66.1 Å². The number of carbonyl (C=O) groups is 3. The summed E-state index contributed by atoms with van der Waals surface area (Å²) in [6, 6.07) is 3.28. The average Bonchev–Trinajstić information content (AvgIpc) is 2.72. The molecule has 0 aromatic carbocycles. The van der Waals surface area contributed by atoms with Crippen molar-refractivity contribution >= 4 is 23.8 Å². The Morgan fingerprint density at radius 3 is 2.27 bits per heavy atom. The number of nitrogens with zero attached hydrogens (tertiary/aromatic N) is 2. The average molecular weight is 464 g/mol. The molecule has 1 fully saturated rings. The van der Waals surface area contributed by atoms with Crippen molar-refractivity contribution in [1.29, 1.82) is 0 Å². The Hall–Kier alpha value is -2.68. The molecule has 1 aromatic heterocycles. The van der Waals surface area contributed by atoms with E-state index < -0.39 is 35.1 Å². The van der Waals surface area contributed by atoms with Gasteiger partial charge in [-0.1, -0.05) is 26.8 Å². The fraction of sp³-hybridized carbons (Fsp3) is 0.667. The number of anilines is 1. The molecule has 0 bridgehead atoms. The van der Waals surface area contributed by atoms with Gasteiger partial charge in [-0.3, -0.25) is 9.59 Å². The molecule has 0 aliphatic carbocycles. The summed E-state index contributed by atoms with van der Waals surface area (Å²) >= 11 is 0. The Morgan fingerprint density at radius 2 is 1.76 bits per heavy atom. The Labute approximate surface area is 195 Å². The second-order valence-electron chi connectivity index (χ2n) is 10.4. The molecule has 2 heterocycles. The molecular formula is C24H37N3O6. The maximum Gasteiger partial charge on any atom is 0.410 e. The second-order valence-corrected chi connectivity index (χ2v) is 10.4. The number of rotatable bonds is 5. The molecule has 1 saturated heterocycles. The van der Waals surface area contributed by atoms with Crippen LogP contribution in [0.2, 0.25) is 0 Å². The van der Waals surface area contributed by atoms with Gasteiger partial charge in [0.25, 0.3) is 0 Å². The molecular weight excluding hydrogens is 426 g/mol. The summed E-state index contributed by atoms with van der Waals surface area (Å²) in [6.07, 6.45) is 0.885. The minimum Gasteiger partial charge on any atom is -0.469 e. The predicted molar refractivity (Wildman–Crippen MR) is 123 cm³/mol. The molecule has 1 aliphatic heterocycles. The number of hydrogen-bond acceptors (Lipinski definition) is 7. The van der Waals surface area contributed by atoms with Crippen molar-refractivity contribution in [2.75, 3.05) is 25.5 Å². The molecule has 2 amide bonds. The van der Waals surface area contributed by atoms with E-state index in [1.165, 1.54) is 13.3 Å². The molecule has 1 aliphatic rings. The van der Waals surface area contributed by atoms with Crippen molar-refractivity contribution in [2.24, 2.45) is 17.3 Å². The standard InChI is InChI=1S/C24H37N3O6/c1-23(2,3)21(30)26-19-16(9-8-12-25-19)18(28)17(20(29)32-7)15-10-13-27(14-11-15)22(31)33-24(4,5)6/h8-9,12,15,17-18,28H,10-11,13-14H2,1-7H3,(H,25,26,30)/t17-,18+/m0/s1. The predicted octanol–water partition coefficient (Wildman–Crippen LogP) is 3.54. The van der Waals surface area contributed by atoms with Crippen LogP contribution < -0.4 is 5.32 Å². The van der Waals surface area contributed by atoms with Gasteiger partial charge in [-0.15, -0.1) is 0 Å². The van der Waals surface area contributed by atoms with Crippen LogP contribution in [-0.4, -0.2) is 58.8 Å². The number of hydrogen-bond donors (Lipinski definition) is 2. The Kier molecular flexibility index (Phi) is 8.46. The quantitative estimate of drug-likeness (QED) is 0.641. The minimum absolute atomic E-state index is 0.213. The summed E-state index contributed by atoms with van der Waals surface area (Å²) in [5.74, 6) is -1.68. The topological polar surface area (TPSA) is 118 Å². The fourth-order valence-electron chi connectivity index (χ4n) is 3.73. The number of nitrogens with one attached hydrogen (secondary N) is 1. The van der Waals surface area contributed by atoms with E-state index >= 15 is 0 Å². The molecule has 2 rings (SSSR count). The van der Waals surface area contributed by atoms with Crippen molar-refractivity contribution < 1.29 is 29.0 Å². The number of aromatic nitrogens is 1. The van der Waals surface area contributed by atoms with Gasteiger partial charge in [-0.05, 0) is 45.6 Å². The molecule has 0 unspecified atom stereocenters. The van der Waals surface area contributed by atoms with E-state index in [0.717, 1.165) is 0 Å². The zero-order valence-corrected chi connectivity index (χ0v) is 20.7. The van der Waals surface area contributed by atoms with Gasteiger partial charge in [-0.2, -0.15) is 0 Å². The maximum atomic E-state index is 12.7. The van der Waals surface area contributed by atoms with Crippen LogP contribution >= 0.6 is 0 Å². The van der Waals surface area contributed by atoms with Gasteiger partial charge in [0.1, 0.15) is 11.4 Å². The number of pyridine rings is 1. The molecule has 184 valence electrons. The summed E-state index contributed by atoms with van der Waals surface area (Å²) in [7, 11) is 1.28. The van der Waals surface area contributed by atoms with Crippen molar-refractivity contribution in [3.05, 3.63) is 23.9 Å². The van der Waals surface area contributed by atoms with E-state index in [2.05, 4.69) is 10.3 Å². The molecule has 0 radical (unpaired) electrons. The Balaban J connectivity index is 2.21. The zero-order chi connectivity index (χ0) is 25.0. The first-order valence-corrected chi connectivity index (χ1v) is 11.2. The third-order valence-corrected chi connectivity index (χ3v) is 5.58. The van der Waals surface area contributed by atoms with E-state index in [0.29, 0.717) is 31.5 Å². The van der Waals surface area contributed by atoms with Crippen LogP contribution in [0, 0.1) is 17.3 Å². The van der Waals surface area contributed by atoms with Crippen LogP contribution in [0.5, 0.6) is 0 Å². The van der Waals surface area contributed by atoms with E-state index in [1.54, 1.807) is 37.8 Å². The number of aliphatic hydroxyl groups is 1. The third kappa shape index (κ3) is 7.15. The van der Waals surface area contributed by atoms with Gasteiger partial charge in [0.2, 0.25) is 5.91 Å². The summed E-state index contributed by atoms with van der Waals surface area (Å²) < 4.78 is 10.4. The van der Waals surface area contributed by atoms with Gasteiger partial charge in [0.15, 0.2) is 0 Å². The van der Waals surface area contributed by atoms with Gasteiger partial charge in [0, 0.05) is 30.3 Å². The maximum absolute atomic E-state index is 12.7. The Bertz CT molecular complexity index is 850. The van der Waals surface area contributed by atoms with Crippen LogP contribution in [0.15, 0.2) is 18.3 Å². The third-order valence-electron chi connectivity index (χ3n) is 5.58. The van der Waals surface area contributed by atoms with E-state index in [1.807, 2.05) is 20.8 Å². The molecule has 2 N–H and O–H groups in total. The summed E-state index contributed by atoms with van der Waals surface area (Å²) in [6.45, 7) is 11.6. The second kappa shape index (κ2) is 10.5. The van der Waals surface area contributed by atoms with Crippen LogP contribution in [0.4, 0.5) is 10.6 Å². The lowest BCUT2D eigenvalue weighted by molar-refractivity contribution is -0.153. The largest absolute Gasteiger partial charge is 0.469 e. The SMILES string of the molecule is COC(=O)[C@@H](C1CCN(C(=O)OC(C)(C)C)CC1)[C@H](O)c1cccnc1NC(=O)C(C)(C)C. The monoisotopic (exact) mass is 463 g/mol. The zero-order valence-electron chi connectivity index (χ0n) is 20.7. The lowest BCUT2D eigenvalue weighted by Crippen LogP contribution is -2.44. The summed E-state index contributed by atoms with van der Waals surface area (Å²) in [4.78, 5) is 43.4. The van der Waals surface area contributed by atoms with Crippen LogP contribution in [0.3, 0.4) is 0 Å². The van der Waals surface area contributed by atoms with Gasteiger partial charge in [-0.25, -0.2) is 9.78 Å². The molecule has 0 saturated carbocycles. The highest BCUT2D eigenvalue weighted by molar-refractivity contribution is 5.94. The number of likely N-dealkylation sites (tertiary alicyclic amines) is 1. The number of carbonyl (C=O) groups excluding carboxylic acids is 3. The number of aliphatic hydroxyl groups excluding tert-OH is 1. The molecule has 1 aromatic rings. The van der Waals surface area contributed by atoms with Crippen molar-refractivity contribution in [3.63, 3.8) is 0 Å². The smallest absolute Gasteiger partial charge is 0.410 e. The normalized spacial score (nSPS) is 17.2. The van der Waals surface area contributed by atoms with Crippen LogP contribution in [0.25, 0.3) is 0 Å². The first-order chi connectivity index (χ1) is 15.2.